The van der Waals surface area contributed by atoms with Crippen LogP contribution < -0.4 is 5.32 Å². The van der Waals surface area contributed by atoms with E-state index in [1.165, 1.54) is 23.9 Å². The number of aryl methyl sites for hydroxylation is 1. The Kier molecular flexibility index (Phi) is 4.79. The average molecular weight is 294 g/mol. The Morgan fingerprint density at radius 1 is 1.45 bits per heavy atom. The quantitative estimate of drug-likeness (QED) is 0.916. The summed E-state index contributed by atoms with van der Waals surface area (Å²) < 4.78 is 17.7. The van der Waals surface area contributed by atoms with E-state index in [0.29, 0.717) is 17.3 Å². The number of hydrogen-bond donors (Lipinski definition) is 1. The van der Waals surface area contributed by atoms with Crippen molar-refractivity contribution >= 4 is 23.5 Å². The Hall–Kier alpha value is -1.82. The molecular formula is C14H15FN2O2S. The van der Waals surface area contributed by atoms with Crippen molar-refractivity contribution in [3.8, 4) is 0 Å². The van der Waals surface area contributed by atoms with Crippen LogP contribution in [-0.2, 0) is 4.79 Å². The Labute approximate surface area is 120 Å². The number of rotatable bonds is 5. The highest BCUT2D eigenvalue weighted by Crippen LogP contribution is 2.28. The van der Waals surface area contributed by atoms with Crippen LogP contribution in [0.25, 0.3) is 0 Å². The Balaban J connectivity index is 1.82. The van der Waals surface area contributed by atoms with Crippen molar-refractivity contribution in [1.29, 1.82) is 0 Å². The SMILES string of the molecule is Cc1cc(NC(=O)CS[C@@H](C)c2ccc(F)cc2)no1. The molecule has 0 aliphatic heterocycles. The van der Waals surface area contributed by atoms with Crippen LogP contribution >= 0.6 is 11.8 Å². The van der Waals surface area contributed by atoms with Crippen LogP contribution in [0, 0.1) is 12.7 Å². The van der Waals surface area contributed by atoms with Gasteiger partial charge >= 0.3 is 0 Å². The fourth-order valence-electron chi connectivity index (χ4n) is 1.63. The molecule has 1 heterocycles. The van der Waals surface area contributed by atoms with E-state index in [9.17, 15) is 9.18 Å². The molecule has 0 aliphatic carbocycles. The van der Waals surface area contributed by atoms with Crippen molar-refractivity contribution in [3.63, 3.8) is 0 Å². The predicted molar refractivity (Wildman–Crippen MR) is 77.1 cm³/mol. The third-order valence-electron chi connectivity index (χ3n) is 2.70. The molecule has 1 aromatic heterocycles. The lowest BCUT2D eigenvalue weighted by atomic mass is 10.2. The zero-order valence-electron chi connectivity index (χ0n) is 11.2. The molecule has 20 heavy (non-hydrogen) atoms. The van der Waals surface area contributed by atoms with Crippen LogP contribution in [0.15, 0.2) is 34.9 Å². The number of nitrogens with zero attached hydrogens (tertiary/aromatic N) is 1. The molecule has 1 N–H and O–H groups in total. The van der Waals surface area contributed by atoms with Gasteiger partial charge in [0.1, 0.15) is 11.6 Å². The smallest absolute Gasteiger partial charge is 0.235 e. The molecule has 0 fully saturated rings. The molecule has 106 valence electrons. The predicted octanol–water partition coefficient (Wildman–Crippen LogP) is 3.56. The molecule has 2 aromatic rings. The van der Waals surface area contributed by atoms with Gasteiger partial charge in [0.25, 0.3) is 0 Å². The maximum Gasteiger partial charge on any atom is 0.235 e. The molecule has 0 saturated heterocycles. The number of carbonyl (C=O) groups excluding carboxylic acids is 1. The minimum absolute atomic E-state index is 0.111. The summed E-state index contributed by atoms with van der Waals surface area (Å²) in [6, 6.07) is 7.96. The topological polar surface area (TPSA) is 55.1 Å². The minimum atomic E-state index is -0.259. The number of nitrogens with one attached hydrogen (secondary N) is 1. The minimum Gasteiger partial charge on any atom is -0.360 e. The second kappa shape index (κ2) is 6.56. The van der Waals surface area contributed by atoms with Crippen molar-refractivity contribution in [3.05, 3.63) is 47.5 Å². The Bertz CT molecular complexity index is 583. The summed E-state index contributed by atoms with van der Waals surface area (Å²) in [6.07, 6.45) is 0. The molecule has 0 unspecified atom stereocenters. The number of carbonyl (C=O) groups is 1. The number of aromatic nitrogens is 1. The fraction of sp³-hybridized carbons (Fsp3) is 0.286. The third-order valence-corrected chi connectivity index (χ3v) is 3.90. The van der Waals surface area contributed by atoms with Gasteiger partial charge in [0.05, 0.1) is 5.75 Å². The molecular weight excluding hydrogens is 279 g/mol. The lowest BCUT2D eigenvalue weighted by Gasteiger charge is -2.11. The number of anilines is 1. The molecule has 1 atom stereocenters. The molecule has 1 aromatic carbocycles. The number of hydrogen-bond acceptors (Lipinski definition) is 4. The van der Waals surface area contributed by atoms with Gasteiger partial charge in [-0.05, 0) is 31.5 Å². The highest BCUT2D eigenvalue weighted by Gasteiger charge is 2.11. The Morgan fingerprint density at radius 3 is 2.75 bits per heavy atom. The monoisotopic (exact) mass is 294 g/mol. The van der Waals surface area contributed by atoms with E-state index >= 15 is 0 Å². The van der Waals surface area contributed by atoms with Crippen molar-refractivity contribution in [2.75, 3.05) is 11.1 Å². The second-order valence-electron chi connectivity index (χ2n) is 4.38. The summed E-state index contributed by atoms with van der Waals surface area (Å²) >= 11 is 1.48. The first-order chi connectivity index (χ1) is 9.54. The van der Waals surface area contributed by atoms with E-state index in [2.05, 4.69) is 10.5 Å². The van der Waals surface area contributed by atoms with E-state index in [4.69, 9.17) is 4.52 Å². The van der Waals surface area contributed by atoms with Gasteiger partial charge in [-0.3, -0.25) is 4.79 Å². The molecule has 0 radical (unpaired) electrons. The van der Waals surface area contributed by atoms with E-state index in [-0.39, 0.29) is 17.0 Å². The van der Waals surface area contributed by atoms with E-state index in [1.807, 2.05) is 6.92 Å². The molecule has 2 rings (SSSR count). The summed E-state index contributed by atoms with van der Waals surface area (Å²) in [7, 11) is 0. The Morgan fingerprint density at radius 2 is 2.15 bits per heavy atom. The summed E-state index contributed by atoms with van der Waals surface area (Å²) in [5, 5.41) is 6.46. The van der Waals surface area contributed by atoms with Gasteiger partial charge in [-0.25, -0.2) is 4.39 Å². The molecule has 0 spiro atoms. The summed E-state index contributed by atoms with van der Waals surface area (Å²) in [4.78, 5) is 11.7. The lowest BCUT2D eigenvalue weighted by molar-refractivity contribution is -0.113. The fourth-order valence-corrected chi connectivity index (χ4v) is 2.46. The van der Waals surface area contributed by atoms with Crippen LogP contribution in [-0.4, -0.2) is 16.8 Å². The first-order valence-corrected chi connectivity index (χ1v) is 7.19. The highest BCUT2D eigenvalue weighted by molar-refractivity contribution is 8.00. The number of amides is 1. The summed E-state index contributed by atoms with van der Waals surface area (Å²) in [6.45, 7) is 3.74. The second-order valence-corrected chi connectivity index (χ2v) is 5.70. The van der Waals surface area contributed by atoms with Gasteiger partial charge < -0.3 is 9.84 Å². The van der Waals surface area contributed by atoms with E-state index < -0.39 is 0 Å². The zero-order valence-corrected chi connectivity index (χ0v) is 12.0. The van der Waals surface area contributed by atoms with Gasteiger partial charge in [-0.2, -0.15) is 0 Å². The molecule has 6 heteroatoms. The van der Waals surface area contributed by atoms with Gasteiger partial charge in [0.2, 0.25) is 5.91 Å². The van der Waals surface area contributed by atoms with Crippen LogP contribution in [0.5, 0.6) is 0 Å². The first kappa shape index (κ1) is 14.6. The summed E-state index contributed by atoms with van der Waals surface area (Å²) in [5.41, 5.74) is 0.987. The maximum atomic E-state index is 12.8. The number of halogens is 1. The van der Waals surface area contributed by atoms with Crippen molar-refractivity contribution in [1.82, 2.24) is 5.16 Å². The van der Waals surface area contributed by atoms with Gasteiger partial charge in [0.15, 0.2) is 5.82 Å². The largest absolute Gasteiger partial charge is 0.360 e. The highest BCUT2D eigenvalue weighted by atomic mass is 32.2. The number of thioether (sulfide) groups is 1. The standard InChI is InChI=1S/C14H15FN2O2S/c1-9-7-13(17-19-9)16-14(18)8-20-10(2)11-3-5-12(15)6-4-11/h3-7,10H,8H2,1-2H3,(H,16,17,18)/t10-/m0/s1. The molecule has 0 bridgehead atoms. The van der Waals surface area contributed by atoms with Gasteiger partial charge in [-0.1, -0.05) is 17.3 Å². The molecule has 1 amide bonds. The normalized spacial score (nSPS) is 12.2. The molecule has 4 nitrogen and oxygen atoms in total. The van der Waals surface area contributed by atoms with Gasteiger partial charge in [-0.15, -0.1) is 11.8 Å². The van der Waals surface area contributed by atoms with E-state index in [0.717, 1.165) is 5.56 Å². The number of benzene rings is 1. The van der Waals surface area contributed by atoms with Crippen LogP contribution in [0.4, 0.5) is 10.2 Å². The lowest BCUT2D eigenvalue weighted by Crippen LogP contribution is -2.14. The van der Waals surface area contributed by atoms with Crippen molar-refractivity contribution in [2.24, 2.45) is 0 Å². The van der Waals surface area contributed by atoms with Crippen molar-refractivity contribution < 1.29 is 13.7 Å². The molecule has 0 saturated carbocycles. The summed E-state index contributed by atoms with van der Waals surface area (Å²) in [5.74, 6) is 0.960. The maximum absolute atomic E-state index is 12.8. The molecule has 0 aliphatic rings. The van der Waals surface area contributed by atoms with Gasteiger partial charge in [0, 0.05) is 11.3 Å². The zero-order chi connectivity index (χ0) is 14.5. The average Bonchev–Trinajstić information content (AvgIpc) is 2.82. The third kappa shape index (κ3) is 4.09. The van der Waals surface area contributed by atoms with Crippen LogP contribution in [0.1, 0.15) is 23.5 Å². The van der Waals surface area contributed by atoms with Crippen LogP contribution in [0.3, 0.4) is 0 Å². The van der Waals surface area contributed by atoms with E-state index in [1.54, 1.807) is 25.1 Å². The van der Waals surface area contributed by atoms with Crippen molar-refractivity contribution in [2.45, 2.75) is 19.1 Å². The first-order valence-electron chi connectivity index (χ1n) is 6.15. The van der Waals surface area contributed by atoms with Crippen LogP contribution in [0.2, 0.25) is 0 Å².